The Labute approximate surface area is 198 Å². The third-order valence-corrected chi connectivity index (χ3v) is 5.90. The lowest BCUT2D eigenvalue weighted by atomic mass is 9.85. The van der Waals surface area contributed by atoms with Crippen LogP contribution in [0.5, 0.6) is 11.5 Å². The van der Waals surface area contributed by atoms with Gasteiger partial charge in [-0.1, -0.05) is 12.1 Å². The fraction of sp³-hybridized carbons (Fsp3) is 0.250. The molecule has 0 saturated heterocycles. The van der Waals surface area contributed by atoms with Crippen LogP contribution in [0.2, 0.25) is 0 Å². The molecule has 1 heterocycles. The molecule has 1 aliphatic heterocycles. The molecular weight excluding hydrogens is 436 g/mol. The first-order valence-electron chi connectivity index (χ1n) is 11.0. The molecule has 1 aliphatic rings. The van der Waals surface area contributed by atoms with Crippen LogP contribution in [0, 0.1) is 11.6 Å². The molecule has 0 aliphatic carbocycles. The first-order valence-corrected chi connectivity index (χ1v) is 11.0. The molecule has 176 valence electrons. The summed E-state index contributed by atoms with van der Waals surface area (Å²) in [4.78, 5) is 11.6. The number of benzene rings is 3. The predicted molar refractivity (Wildman–Crippen MR) is 130 cm³/mol. The standard InChI is InChI=1S/C28H27F2NO3/c1-16-14-28(3,4)31-25-11-10-21(22-8-6-18(29)12-26(22)33-5)23(27(16)25)15-34-19-7-9-20(17(2)32)24(30)13-19/h6-14,31H,15H2,1-5H3. The van der Waals surface area contributed by atoms with Crippen molar-refractivity contribution in [2.24, 2.45) is 0 Å². The van der Waals surface area contributed by atoms with Crippen LogP contribution < -0.4 is 14.8 Å². The number of carbonyl (C=O) groups is 1. The van der Waals surface area contributed by atoms with Gasteiger partial charge in [0, 0.05) is 34.5 Å². The number of hydrogen-bond acceptors (Lipinski definition) is 4. The number of methoxy groups -OCH3 is 1. The summed E-state index contributed by atoms with van der Waals surface area (Å²) < 4.78 is 39.7. The fourth-order valence-electron chi connectivity index (χ4n) is 4.52. The average molecular weight is 464 g/mol. The molecule has 0 unspecified atom stereocenters. The van der Waals surface area contributed by atoms with Gasteiger partial charge in [0.1, 0.15) is 29.7 Å². The third kappa shape index (κ3) is 4.53. The third-order valence-electron chi connectivity index (χ3n) is 5.90. The van der Waals surface area contributed by atoms with Crippen LogP contribution in [0.4, 0.5) is 14.5 Å². The summed E-state index contributed by atoms with van der Waals surface area (Å²) in [7, 11) is 1.50. The van der Waals surface area contributed by atoms with Crippen LogP contribution in [0.3, 0.4) is 0 Å². The topological polar surface area (TPSA) is 47.6 Å². The van der Waals surface area contributed by atoms with Gasteiger partial charge in [0.05, 0.1) is 18.2 Å². The number of Topliss-reactive ketones (excluding diaryl/α,β-unsaturated/α-hetero) is 1. The Balaban J connectivity index is 1.83. The SMILES string of the molecule is COc1cc(F)ccc1-c1ccc2c(c1COc1ccc(C(C)=O)c(F)c1)C(C)=CC(C)(C)N2. The number of anilines is 1. The Morgan fingerprint density at radius 3 is 2.44 bits per heavy atom. The normalized spacial score (nSPS) is 14.0. The number of rotatable bonds is 6. The molecule has 0 aromatic heterocycles. The Bertz CT molecular complexity index is 1310. The summed E-state index contributed by atoms with van der Waals surface area (Å²) in [6.45, 7) is 7.67. The highest BCUT2D eigenvalue weighted by Crippen LogP contribution is 2.42. The first kappa shape index (κ1) is 23.5. The number of nitrogens with one attached hydrogen (secondary N) is 1. The van der Waals surface area contributed by atoms with E-state index < -0.39 is 11.6 Å². The van der Waals surface area contributed by atoms with E-state index in [4.69, 9.17) is 9.47 Å². The molecule has 1 N–H and O–H groups in total. The second-order valence-corrected chi connectivity index (χ2v) is 9.02. The van der Waals surface area contributed by atoms with Crippen LogP contribution in [0.1, 0.15) is 49.2 Å². The zero-order valence-electron chi connectivity index (χ0n) is 19.9. The molecule has 34 heavy (non-hydrogen) atoms. The van der Waals surface area contributed by atoms with Gasteiger partial charge in [0.2, 0.25) is 0 Å². The van der Waals surface area contributed by atoms with E-state index >= 15 is 0 Å². The molecule has 4 nitrogen and oxygen atoms in total. The summed E-state index contributed by atoms with van der Waals surface area (Å²) in [5, 5.41) is 3.53. The van der Waals surface area contributed by atoms with Crippen molar-refractivity contribution >= 4 is 17.0 Å². The van der Waals surface area contributed by atoms with E-state index in [0.29, 0.717) is 11.5 Å². The lowest BCUT2D eigenvalue weighted by molar-refractivity contribution is 0.101. The monoisotopic (exact) mass is 463 g/mol. The number of carbonyl (C=O) groups excluding carboxylic acids is 1. The van der Waals surface area contributed by atoms with Crippen LogP contribution in [0.25, 0.3) is 16.7 Å². The minimum atomic E-state index is -0.625. The zero-order chi connectivity index (χ0) is 24.6. The van der Waals surface area contributed by atoms with Crippen LogP contribution >= 0.6 is 0 Å². The lowest BCUT2D eigenvalue weighted by Crippen LogP contribution is -2.32. The second kappa shape index (κ2) is 8.93. The number of fused-ring (bicyclic) bond motifs is 1. The van der Waals surface area contributed by atoms with Gasteiger partial charge >= 0.3 is 0 Å². The van der Waals surface area contributed by atoms with Gasteiger partial charge in [-0.15, -0.1) is 0 Å². The number of allylic oxidation sites excluding steroid dienone is 1. The van der Waals surface area contributed by atoms with E-state index in [9.17, 15) is 13.6 Å². The quantitative estimate of drug-likeness (QED) is 0.399. The molecule has 6 heteroatoms. The van der Waals surface area contributed by atoms with E-state index in [2.05, 4.69) is 25.2 Å². The highest BCUT2D eigenvalue weighted by Gasteiger charge is 2.27. The van der Waals surface area contributed by atoms with E-state index in [1.54, 1.807) is 12.1 Å². The van der Waals surface area contributed by atoms with E-state index in [1.165, 1.54) is 38.3 Å². The maximum absolute atomic E-state index is 14.4. The number of halogens is 2. The van der Waals surface area contributed by atoms with Crippen molar-refractivity contribution in [1.82, 2.24) is 0 Å². The van der Waals surface area contributed by atoms with E-state index in [0.717, 1.165) is 33.5 Å². The van der Waals surface area contributed by atoms with Gasteiger partial charge in [0.15, 0.2) is 5.78 Å². The highest BCUT2D eigenvalue weighted by atomic mass is 19.1. The van der Waals surface area contributed by atoms with Crippen molar-refractivity contribution in [3.8, 4) is 22.6 Å². The highest BCUT2D eigenvalue weighted by molar-refractivity contribution is 5.94. The summed E-state index contributed by atoms with van der Waals surface area (Å²) in [6, 6.07) is 12.6. The molecule has 0 fully saturated rings. The summed E-state index contributed by atoms with van der Waals surface area (Å²) in [6.07, 6.45) is 2.14. The van der Waals surface area contributed by atoms with Crippen molar-refractivity contribution < 1.29 is 23.0 Å². The van der Waals surface area contributed by atoms with E-state index in [-0.39, 0.29) is 23.5 Å². The zero-order valence-corrected chi connectivity index (χ0v) is 19.9. The number of ketones is 1. The van der Waals surface area contributed by atoms with Gasteiger partial charge in [-0.3, -0.25) is 4.79 Å². The largest absolute Gasteiger partial charge is 0.496 e. The molecule has 3 aromatic rings. The molecule has 0 atom stereocenters. The molecule has 0 radical (unpaired) electrons. The van der Waals surface area contributed by atoms with Gasteiger partial charge < -0.3 is 14.8 Å². The number of hydrogen-bond donors (Lipinski definition) is 1. The Hall–Kier alpha value is -3.67. The second-order valence-electron chi connectivity index (χ2n) is 9.02. The van der Waals surface area contributed by atoms with Crippen molar-refractivity contribution in [2.75, 3.05) is 12.4 Å². The smallest absolute Gasteiger partial charge is 0.162 e. The average Bonchev–Trinajstić information content (AvgIpc) is 2.76. The van der Waals surface area contributed by atoms with Crippen LogP contribution in [-0.2, 0) is 6.61 Å². The van der Waals surface area contributed by atoms with Crippen molar-refractivity contribution in [3.63, 3.8) is 0 Å². The predicted octanol–water partition coefficient (Wildman–Crippen LogP) is 7.03. The van der Waals surface area contributed by atoms with Crippen molar-refractivity contribution in [3.05, 3.63) is 82.9 Å². The van der Waals surface area contributed by atoms with E-state index in [1.807, 2.05) is 19.1 Å². The minimum Gasteiger partial charge on any atom is -0.496 e. The Morgan fingerprint density at radius 2 is 1.76 bits per heavy atom. The summed E-state index contributed by atoms with van der Waals surface area (Å²) in [5.74, 6) is -0.648. The van der Waals surface area contributed by atoms with Crippen molar-refractivity contribution in [1.29, 1.82) is 0 Å². The van der Waals surface area contributed by atoms with Gasteiger partial charge in [-0.05, 0) is 69.2 Å². The molecule has 0 amide bonds. The summed E-state index contributed by atoms with van der Waals surface area (Å²) >= 11 is 0. The van der Waals surface area contributed by atoms with Gasteiger partial charge in [-0.2, -0.15) is 0 Å². The lowest BCUT2D eigenvalue weighted by Gasteiger charge is -2.33. The van der Waals surface area contributed by atoms with Crippen molar-refractivity contribution in [2.45, 2.75) is 39.8 Å². The molecule has 0 spiro atoms. The molecule has 3 aromatic carbocycles. The molecule has 0 bridgehead atoms. The maximum Gasteiger partial charge on any atom is 0.162 e. The molecule has 4 rings (SSSR count). The molecule has 0 saturated carbocycles. The van der Waals surface area contributed by atoms with Gasteiger partial charge in [-0.25, -0.2) is 8.78 Å². The van der Waals surface area contributed by atoms with Gasteiger partial charge in [0.25, 0.3) is 0 Å². The number of ether oxygens (including phenoxy) is 2. The van der Waals surface area contributed by atoms with Crippen LogP contribution in [-0.4, -0.2) is 18.4 Å². The summed E-state index contributed by atoms with van der Waals surface area (Å²) in [5.41, 5.74) is 5.19. The Morgan fingerprint density at radius 1 is 1.03 bits per heavy atom. The molecular formula is C28H27F2NO3. The van der Waals surface area contributed by atoms with Crippen LogP contribution in [0.15, 0.2) is 54.6 Å². The maximum atomic E-state index is 14.4. The fourth-order valence-corrected chi connectivity index (χ4v) is 4.52. The first-order chi connectivity index (χ1) is 16.1. The Kier molecular flexibility index (Phi) is 6.17. The minimum absolute atomic E-state index is 0.0198.